The second-order valence-corrected chi connectivity index (χ2v) is 6.04. The number of amides is 2. The van der Waals surface area contributed by atoms with E-state index in [0.29, 0.717) is 17.1 Å². The maximum absolute atomic E-state index is 12.7. The molecular formula is C20H18F2N2O5. The fourth-order valence-electron chi connectivity index (χ4n) is 2.68. The van der Waals surface area contributed by atoms with E-state index in [4.69, 9.17) is 9.47 Å². The Hall–Kier alpha value is -3.62. The van der Waals surface area contributed by atoms with E-state index in [9.17, 15) is 18.4 Å². The van der Waals surface area contributed by atoms with Gasteiger partial charge in [0.15, 0.2) is 17.6 Å². The number of nitrogens with one attached hydrogen (secondary N) is 2. The Labute approximate surface area is 165 Å². The number of hydrogen-bond donors (Lipinski definition) is 2. The number of rotatable bonds is 6. The van der Waals surface area contributed by atoms with Crippen LogP contribution in [0.15, 0.2) is 42.5 Å². The van der Waals surface area contributed by atoms with Crippen LogP contribution in [0, 0.1) is 0 Å². The Morgan fingerprint density at radius 2 is 2.10 bits per heavy atom. The summed E-state index contributed by atoms with van der Waals surface area (Å²) in [5.74, 6) is -0.349. The van der Waals surface area contributed by atoms with Gasteiger partial charge in [-0.05, 0) is 37.3 Å². The van der Waals surface area contributed by atoms with Gasteiger partial charge in [-0.1, -0.05) is 12.1 Å². The lowest BCUT2D eigenvalue weighted by molar-refractivity contribution is -0.122. The molecule has 0 spiro atoms. The third-order valence-electron chi connectivity index (χ3n) is 4.03. The Kier molecular flexibility index (Phi) is 5.96. The molecule has 1 aliphatic rings. The Morgan fingerprint density at radius 1 is 1.31 bits per heavy atom. The number of methoxy groups -OCH3 is 1. The fourth-order valence-corrected chi connectivity index (χ4v) is 2.68. The van der Waals surface area contributed by atoms with Crippen LogP contribution in [0.4, 0.5) is 20.2 Å². The number of para-hydroxylation sites is 1. The van der Waals surface area contributed by atoms with Crippen LogP contribution in [0.3, 0.4) is 0 Å². The number of anilines is 2. The third-order valence-corrected chi connectivity index (χ3v) is 4.03. The second-order valence-electron chi connectivity index (χ2n) is 6.04. The molecule has 2 aromatic rings. The molecule has 2 amide bonds. The molecular weight excluding hydrogens is 386 g/mol. The van der Waals surface area contributed by atoms with Crippen molar-refractivity contribution in [3.63, 3.8) is 0 Å². The number of alkyl halides is 2. The minimum atomic E-state index is -3.04. The molecule has 1 unspecified atom stereocenters. The van der Waals surface area contributed by atoms with Gasteiger partial charge in [0.1, 0.15) is 5.75 Å². The first-order valence-electron chi connectivity index (χ1n) is 8.60. The Morgan fingerprint density at radius 3 is 2.83 bits per heavy atom. The summed E-state index contributed by atoms with van der Waals surface area (Å²) >= 11 is 0. The first-order valence-corrected chi connectivity index (χ1v) is 8.60. The highest BCUT2D eigenvalue weighted by molar-refractivity contribution is 6.03. The summed E-state index contributed by atoms with van der Waals surface area (Å²) in [6, 6.07) is 9.37. The van der Waals surface area contributed by atoms with Gasteiger partial charge in [0, 0.05) is 17.3 Å². The van der Waals surface area contributed by atoms with Crippen molar-refractivity contribution >= 4 is 29.3 Å². The second kappa shape index (κ2) is 8.59. The Balaban J connectivity index is 1.74. The minimum absolute atomic E-state index is 0.118. The highest BCUT2D eigenvalue weighted by atomic mass is 19.3. The van der Waals surface area contributed by atoms with E-state index >= 15 is 0 Å². The van der Waals surface area contributed by atoms with Crippen molar-refractivity contribution in [2.45, 2.75) is 19.6 Å². The largest absolute Gasteiger partial charge is 0.493 e. The van der Waals surface area contributed by atoms with Crippen molar-refractivity contribution in [3.8, 4) is 17.2 Å². The lowest BCUT2D eigenvalue weighted by Crippen LogP contribution is -2.34. The molecule has 9 heteroatoms. The zero-order valence-corrected chi connectivity index (χ0v) is 15.6. The monoisotopic (exact) mass is 404 g/mol. The van der Waals surface area contributed by atoms with Crippen molar-refractivity contribution in [3.05, 3.63) is 48.0 Å². The van der Waals surface area contributed by atoms with Crippen LogP contribution in [0.1, 0.15) is 12.5 Å². The maximum Gasteiger partial charge on any atom is 0.387 e. The number of ether oxygens (including phenoxy) is 3. The summed E-state index contributed by atoms with van der Waals surface area (Å²) < 4.78 is 40.3. The lowest BCUT2D eigenvalue weighted by Gasteiger charge is -2.23. The topological polar surface area (TPSA) is 85.9 Å². The quantitative estimate of drug-likeness (QED) is 0.718. The Bertz CT molecular complexity index is 962. The van der Waals surface area contributed by atoms with E-state index in [0.717, 1.165) is 0 Å². The highest BCUT2D eigenvalue weighted by Gasteiger charge is 2.23. The first kappa shape index (κ1) is 20.1. The molecule has 7 nitrogen and oxygen atoms in total. The average Bonchev–Trinajstić information content (AvgIpc) is 2.68. The molecule has 0 bridgehead atoms. The summed E-state index contributed by atoms with van der Waals surface area (Å²) in [6.07, 6.45) is 1.91. The number of carbonyl (C=O) groups is 2. The van der Waals surface area contributed by atoms with E-state index in [2.05, 4.69) is 15.4 Å². The summed E-state index contributed by atoms with van der Waals surface area (Å²) in [5.41, 5.74) is 1.11. The van der Waals surface area contributed by atoms with Crippen molar-refractivity contribution in [1.82, 2.24) is 0 Å². The molecule has 0 saturated carbocycles. The standard InChI is InChI=1S/C20H18F2N2O5/c1-11-19(26)24-14-10-13(7-8-15(14)28-11)23-17(25)9-6-12-4-3-5-16(27-2)18(12)29-20(21)22/h3-11,20H,1-2H3,(H,23,25)(H,24,26). The zero-order chi connectivity index (χ0) is 21.0. The number of benzene rings is 2. The first-order chi connectivity index (χ1) is 13.9. The molecule has 1 heterocycles. The number of fused-ring (bicyclic) bond motifs is 1. The molecule has 1 atom stereocenters. The molecule has 0 radical (unpaired) electrons. The van der Waals surface area contributed by atoms with Gasteiger partial charge in [-0.15, -0.1) is 0 Å². The SMILES string of the molecule is COc1cccc(C=CC(=O)Nc2ccc3c(c2)NC(=O)C(C)O3)c1OC(F)F. The molecule has 2 N–H and O–H groups in total. The molecule has 2 aromatic carbocycles. The maximum atomic E-state index is 12.7. The number of hydrogen-bond acceptors (Lipinski definition) is 5. The van der Waals surface area contributed by atoms with Gasteiger partial charge in [0.25, 0.3) is 5.91 Å². The van der Waals surface area contributed by atoms with Crippen LogP contribution in [0.25, 0.3) is 6.08 Å². The molecule has 0 fully saturated rings. The van der Waals surface area contributed by atoms with Crippen LogP contribution < -0.4 is 24.8 Å². The summed E-state index contributed by atoms with van der Waals surface area (Å²) in [6.45, 7) is -1.41. The van der Waals surface area contributed by atoms with Crippen molar-refractivity contribution in [2.75, 3.05) is 17.7 Å². The smallest absolute Gasteiger partial charge is 0.387 e. The predicted molar refractivity (Wildman–Crippen MR) is 102 cm³/mol. The van der Waals surface area contributed by atoms with E-state index < -0.39 is 18.6 Å². The predicted octanol–water partition coefficient (Wildman–Crippen LogP) is 3.67. The van der Waals surface area contributed by atoms with E-state index in [1.165, 1.54) is 31.4 Å². The van der Waals surface area contributed by atoms with Gasteiger partial charge < -0.3 is 24.8 Å². The molecule has 29 heavy (non-hydrogen) atoms. The van der Waals surface area contributed by atoms with Crippen LogP contribution in [-0.2, 0) is 9.59 Å². The normalized spacial score (nSPS) is 15.5. The minimum Gasteiger partial charge on any atom is -0.493 e. The van der Waals surface area contributed by atoms with Gasteiger partial charge in [0.2, 0.25) is 5.91 Å². The fraction of sp³-hybridized carbons (Fsp3) is 0.200. The number of carbonyl (C=O) groups excluding carboxylic acids is 2. The number of halogens is 2. The molecule has 3 rings (SSSR count). The summed E-state index contributed by atoms with van der Waals surface area (Å²) in [5, 5.41) is 5.31. The molecule has 0 aliphatic carbocycles. The van der Waals surface area contributed by atoms with Gasteiger partial charge in [0.05, 0.1) is 12.8 Å². The van der Waals surface area contributed by atoms with Crippen molar-refractivity contribution in [2.24, 2.45) is 0 Å². The van der Waals surface area contributed by atoms with Gasteiger partial charge in [-0.25, -0.2) is 0 Å². The van der Waals surface area contributed by atoms with Crippen molar-refractivity contribution < 1.29 is 32.6 Å². The molecule has 0 aromatic heterocycles. The van der Waals surface area contributed by atoms with Crippen molar-refractivity contribution in [1.29, 1.82) is 0 Å². The van der Waals surface area contributed by atoms with E-state index in [1.54, 1.807) is 31.2 Å². The van der Waals surface area contributed by atoms with Crippen LogP contribution in [0.5, 0.6) is 17.2 Å². The van der Waals surface area contributed by atoms with Crippen LogP contribution in [0.2, 0.25) is 0 Å². The van der Waals surface area contributed by atoms with Crippen LogP contribution >= 0.6 is 0 Å². The average molecular weight is 404 g/mol. The van der Waals surface area contributed by atoms with E-state index in [1.807, 2.05) is 0 Å². The summed E-state index contributed by atoms with van der Waals surface area (Å²) in [4.78, 5) is 23.9. The lowest BCUT2D eigenvalue weighted by atomic mass is 10.1. The van der Waals surface area contributed by atoms with Gasteiger partial charge >= 0.3 is 6.61 Å². The summed E-state index contributed by atoms with van der Waals surface area (Å²) in [7, 11) is 1.33. The highest BCUT2D eigenvalue weighted by Crippen LogP contribution is 2.34. The zero-order valence-electron chi connectivity index (χ0n) is 15.6. The molecule has 152 valence electrons. The van der Waals surface area contributed by atoms with Gasteiger partial charge in [-0.2, -0.15) is 8.78 Å². The third kappa shape index (κ3) is 4.81. The molecule has 1 aliphatic heterocycles. The molecule has 0 saturated heterocycles. The van der Waals surface area contributed by atoms with E-state index in [-0.39, 0.29) is 23.0 Å². The van der Waals surface area contributed by atoms with Gasteiger partial charge in [-0.3, -0.25) is 9.59 Å². The van der Waals surface area contributed by atoms with Crippen LogP contribution in [-0.4, -0.2) is 31.6 Å².